The van der Waals surface area contributed by atoms with Crippen molar-refractivity contribution in [3.63, 3.8) is 0 Å². The Hall–Kier alpha value is -1.47. The summed E-state index contributed by atoms with van der Waals surface area (Å²) >= 11 is 0. The number of nitrogens with one attached hydrogen (secondary N) is 1. The smallest absolute Gasteiger partial charge is 0.241 e. The lowest BCUT2D eigenvalue weighted by atomic mass is 9.99. The summed E-state index contributed by atoms with van der Waals surface area (Å²) in [5, 5.41) is 0. The molecule has 5 nitrogen and oxygen atoms in total. The number of carbonyl (C=O) groups is 1. The summed E-state index contributed by atoms with van der Waals surface area (Å²) in [4.78, 5) is 13.9. The number of nitrogens with zero attached hydrogens (tertiary/aromatic N) is 1. The molecule has 1 aliphatic rings. The molecule has 0 aromatic heterocycles. The van der Waals surface area contributed by atoms with Crippen molar-refractivity contribution in [1.29, 1.82) is 0 Å². The van der Waals surface area contributed by atoms with Crippen molar-refractivity contribution < 1.29 is 17.6 Å². The Morgan fingerprint density at radius 1 is 1.27 bits per heavy atom. The second kappa shape index (κ2) is 6.75. The van der Waals surface area contributed by atoms with Gasteiger partial charge in [0.05, 0.1) is 10.9 Å². The number of amides is 1. The van der Waals surface area contributed by atoms with Gasteiger partial charge in [-0.3, -0.25) is 4.79 Å². The summed E-state index contributed by atoms with van der Waals surface area (Å²) in [6.07, 6.45) is 1.87. The number of hydrogen-bond donors (Lipinski definition) is 1. The first-order valence-electron chi connectivity index (χ1n) is 7.36. The summed E-state index contributed by atoms with van der Waals surface area (Å²) in [5.74, 6) is -0.140. The van der Waals surface area contributed by atoms with E-state index < -0.39 is 21.9 Å². The van der Waals surface area contributed by atoms with Crippen LogP contribution in [0.2, 0.25) is 0 Å². The Morgan fingerprint density at radius 2 is 1.82 bits per heavy atom. The predicted molar refractivity (Wildman–Crippen MR) is 81.2 cm³/mol. The number of hydrogen-bond acceptors (Lipinski definition) is 3. The van der Waals surface area contributed by atoms with Crippen molar-refractivity contribution in [2.75, 3.05) is 13.1 Å². The summed E-state index contributed by atoms with van der Waals surface area (Å²) in [5.41, 5.74) is 0. The van der Waals surface area contributed by atoms with Crippen molar-refractivity contribution in [2.24, 2.45) is 5.92 Å². The van der Waals surface area contributed by atoms with Crippen LogP contribution >= 0.6 is 0 Å². The maximum atomic E-state index is 12.9. The molecule has 0 bridgehead atoms. The number of carbonyl (C=O) groups excluding carboxylic acids is 1. The van der Waals surface area contributed by atoms with Crippen LogP contribution in [0, 0.1) is 11.7 Å². The molecular formula is C15H21FN2O3S. The molecule has 1 aromatic carbocycles. The number of halogens is 1. The Kier molecular flexibility index (Phi) is 5.18. The Morgan fingerprint density at radius 3 is 2.36 bits per heavy atom. The van der Waals surface area contributed by atoms with Gasteiger partial charge in [0.25, 0.3) is 0 Å². The molecular weight excluding hydrogens is 307 g/mol. The predicted octanol–water partition coefficient (Wildman–Crippen LogP) is 1.75. The van der Waals surface area contributed by atoms with Crippen LogP contribution < -0.4 is 4.72 Å². The lowest BCUT2D eigenvalue weighted by Gasteiger charge is -2.32. The number of benzene rings is 1. The van der Waals surface area contributed by atoms with E-state index >= 15 is 0 Å². The maximum Gasteiger partial charge on any atom is 0.241 e. The molecule has 1 aromatic rings. The highest BCUT2D eigenvalue weighted by Gasteiger charge is 2.27. The zero-order valence-electron chi connectivity index (χ0n) is 12.8. The van der Waals surface area contributed by atoms with E-state index in [4.69, 9.17) is 0 Å². The Bertz CT molecular complexity index is 623. The lowest BCUT2D eigenvalue weighted by Crippen LogP contribution is -2.49. The summed E-state index contributed by atoms with van der Waals surface area (Å²) in [7, 11) is -3.83. The van der Waals surface area contributed by atoms with Crippen LogP contribution in [0.1, 0.15) is 26.7 Å². The fraction of sp³-hybridized carbons (Fsp3) is 0.533. The molecule has 22 heavy (non-hydrogen) atoms. The van der Waals surface area contributed by atoms with Gasteiger partial charge in [-0.05, 0) is 49.9 Å². The molecule has 2 rings (SSSR count). The Balaban J connectivity index is 2.02. The SMILES string of the molecule is CC1CCN(C(=O)[C@@H](C)NS(=O)(=O)c2ccc(F)cc2)CC1. The quantitative estimate of drug-likeness (QED) is 0.916. The molecule has 1 saturated heterocycles. The third kappa shape index (κ3) is 4.04. The van der Waals surface area contributed by atoms with Gasteiger partial charge >= 0.3 is 0 Å². The van der Waals surface area contributed by atoms with E-state index in [-0.39, 0.29) is 10.8 Å². The first kappa shape index (κ1) is 16.9. The van der Waals surface area contributed by atoms with Crippen molar-refractivity contribution in [3.8, 4) is 0 Å². The highest BCUT2D eigenvalue weighted by atomic mass is 32.2. The van der Waals surface area contributed by atoms with Crippen molar-refractivity contribution in [3.05, 3.63) is 30.1 Å². The van der Waals surface area contributed by atoms with Crippen LogP contribution in [0.15, 0.2) is 29.2 Å². The third-order valence-electron chi connectivity index (χ3n) is 3.92. The van der Waals surface area contributed by atoms with E-state index in [2.05, 4.69) is 11.6 Å². The molecule has 7 heteroatoms. The lowest BCUT2D eigenvalue weighted by molar-refractivity contribution is -0.133. The number of likely N-dealkylation sites (tertiary alicyclic amines) is 1. The molecule has 0 saturated carbocycles. The molecule has 1 amide bonds. The van der Waals surface area contributed by atoms with Crippen LogP contribution in [0.3, 0.4) is 0 Å². The van der Waals surface area contributed by atoms with Crippen LogP contribution in [0.25, 0.3) is 0 Å². The first-order chi connectivity index (χ1) is 10.3. The van der Waals surface area contributed by atoms with Gasteiger partial charge in [-0.2, -0.15) is 4.72 Å². The van der Waals surface area contributed by atoms with Crippen LogP contribution in [-0.4, -0.2) is 38.4 Å². The van der Waals surface area contributed by atoms with Crippen molar-refractivity contribution in [1.82, 2.24) is 9.62 Å². The van der Waals surface area contributed by atoms with E-state index in [1.807, 2.05) is 0 Å². The summed E-state index contributed by atoms with van der Waals surface area (Å²) < 4.78 is 39.6. The van der Waals surface area contributed by atoms with E-state index in [0.717, 1.165) is 25.0 Å². The van der Waals surface area contributed by atoms with E-state index in [1.165, 1.54) is 19.1 Å². The minimum atomic E-state index is -3.83. The zero-order chi connectivity index (χ0) is 16.3. The molecule has 1 atom stereocenters. The first-order valence-corrected chi connectivity index (χ1v) is 8.84. The van der Waals surface area contributed by atoms with Gasteiger partial charge in [0.15, 0.2) is 0 Å². The minimum Gasteiger partial charge on any atom is -0.341 e. The fourth-order valence-electron chi connectivity index (χ4n) is 2.47. The molecule has 0 radical (unpaired) electrons. The van der Waals surface area contributed by atoms with Gasteiger partial charge in [0.1, 0.15) is 5.82 Å². The van der Waals surface area contributed by atoms with Gasteiger partial charge in [0.2, 0.25) is 15.9 Å². The summed E-state index contributed by atoms with van der Waals surface area (Å²) in [6, 6.07) is 3.66. The summed E-state index contributed by atoms with van der Waals surface area (Å²) in [6.45, 7) is 4.98. The van der Waals surface area contributed by atoms with Crippen LogP contribution in [0.4, 0.5) is 4.39 Å². The highest BCUT2D eigenvalue weighted by molar-refractivity contribution is 7.89. The normalized spacial score (nSPS) is 18.2. The second-order valence-electron chi connectivity index (χ2n) is 5.80. The molecule has 1 fully saturated rings. The highest BCUT2D eigenvalue weighted by Crippen LogP contribution is 2.17. The van der Waals surface area contributed by atoms with E-state index in [9.17, 15) is 17.6 Å². The van der Waals surface area contributed by atoms with E-state index in [0.29, 0.717) is 19.0 Å². The van der Waals surface area contributed by atoms with Gasteiger partial charge in [-0.15, -0.1) is 0 Å². The Labute approximate surface area is 130 Å². The average Bonchev–Trinajstić information content (AvgIpc) is 2.47. The van der Waals surface area contributed by atoms with Crippen molar-refractivity contribution >= 4 is 15.9 Å². The number of rotatable bonds is 4. The van der Waals surface area contributed by atoms with Gasteiger partial charge in [-0.1, -0.05) is 6.92 Å². The number of sulfonamides is 1. The standard InChI is InChI=1S/C15H21FN2O3S/c1-11-7-9-18(10-8-11)15(19)12(2)17-22(20,21)14-5-3-13(16)4-6-14/h3-6,11-12,17H,7-10H2,1-2H3/t12-/m1/s1. The van der Waals surface area contributed by atoms with Gasteiger partial charge < -0.3 is 4.90 Å². The zero-order valence-corrected chi connectivity index (χ0v) is 13.6. The third-order valence-corrected chi connectivity index (χ3v) is 5.48. The number of piperidine rings is 1. The molecule has 122 valence electrons. The molecule has 1 heterocycles. The molecule has 0 spiro atoms. The molecule has 0 aliphatic carbocycles. The van der Waals surface area contributed by atoms with Crippen LogP contribution in [-0.2, 0) is 14.8 Å². The van der Waals surface area contributed by atoms with Crippen molar-refractivity contribution in [2.45, 2.75) is 37.6 Å². The average molecular weight is 328 g/mol. The maximum absolute atomic E-state index is 12.9. The molecule has 0 unspecified atom stereocenters. The minimum absolute atomic E-state index is 0.0548. The van der Waals surface area contributed by atoms with Gasteiger partial charge in [-0.25, -0.2) is 12.8 Å². The van der Waals surface area contributed by atoms with E-state index in [1.54, 1.807) is 4.90 Å². The second-order valence-corrected chi connectivity index (χ2v) is 7.52. The topological polar surface area (TPSA) is 66.5 Å². The van der Waals surface area contributed by atoms with Gasteiger partial charge in [0, 0.05) is 13.1 Å². The largest absolute Gasteiger partial charge is 0.341 e. The fourth-order valence-corrected chi connectivity index (χ4v) is 3.66. The van der Waals surface area contributed by atoms with Crippen LogP contribution in [0.5, 0.6) is 0 Å². The molecule has 1 aliphatic heterocycles. The molecule has 1 N–H and O–H groups in total. The monoisotopic (exact) mass is 328 g/mol.